The van der Waals surface area contributed by atoms with E-state index in [9.17, 15) is 13.2 Å². The van der Waals surface area contributed by atoms with Gasteiger partial charge < -0.3 is 5.32 Å². The summed E-state index contributed by atoms with van der Waals surface area (Å²) in [4.78, 5) is 15.1. The summed E-state index contributed by atoms with van der Waals surface area (Å²) in [5.74, 6) is 0.0961. The molecule has 2 aliphatic rings. The smallest absolute Gasteiger partial charge is 0.243 e. The molecule has 0 aromatic heterocycles. The lowest BCUT2D eigenvalue weighted by atomic mass is 10.0. The molecule has 0 unspecified atom stereocenters. The molecule has 0 bridgehead atoms. The lowest BCUT2D eigenvalue weighted by Crippen LogP contribution is -2.51. The first-order valence-corrected chi connectivity index (χ1v) is 11.0. The number of likely N-dealkylation sites (N-methyl/N-ethyl adjacent to an activating group) is 1. The molecule has 7 heteroatoms. The standard InChI is InChI=1S/C19H29N3O3S/c1-21-13-7-3-6-10-18(21)19(23)20-16-11-14-22(15-12-16)26(24,25)17-8-4-2-5-9-17/h2,4-5,8-9,16,18H,3,6-7,10-15H2,1H3,(H,20,23)/t18-/m0/s1. The molecule has 0 spiro atoms. The van der Waals surface area contributed by atoms with Crippen LogP contribution in [0.4, 0.5) is 0 Å². The van der Waals surface area contributed by atoms with Crippen LogP contribution in [0, 0.1) is 0 Å². The van der Waals surface area contributed by atoms with Gasteiger partial charge in [-0.2, -0.15) is 4.31 Å². The second-order valence-electron chi connectivity index (χ2n) is 7.35. The number of piperidine rings is 1. The van der Waals surface area contributed by atoms with Crippen molar-refractivity contribution in [3.63, 3.8) is 0 Å². The molecular weight excluding hydrogens is 350 g/mol. The molecule has 2 heterocycles. The second kappa shape index (κ2) is 8.50. The molecule has 2 saturated heterocycles. The van der Waals surface area contributed by atoms with Gasteiger partial charge in [0.1, 0.15) is 0 Å². The van der Waals surface area contributed by atoms with Crippen molar-refractivity contribution in [2.24, 2.45) is 0 Å². The molecule has 1 N–H and O–H groups in total. The first-order chi connectivity index (χ1) is 12.5. The van der Waals surface area contributed by atoms with E-state index >= 15 is 0 Å². The number of rotatable bonds is 4. The lowest BCUT2D eigenvalue weighted by Gasteiger charge is -2.33. The van der Waals surface area contributed by atoms with Crippen LogP contribution in [0.25, 0.3) is 0 Å². The second-order valence-corrected chi connectivity index (χ2v) is 9.28. The Morgan fingerprint density at radius 1 is 1.00 bits per heavy atom. The number of nitrogens with zero attached hydrogens (tertiary/aromatic N) is 2. The lowest BCUT2D eigenvalue weighted by molar-refractivity contribution is -0.127. The van der Waals surface area contributed by atoms with E-state index in [2.05, 4.69) is 10.2 Å². The van der Waals surface area contributed by atoms with Gasteiger partial charge >= 0.3 is 0 Å². The third kappa shape index (κ3) is 4.45. The van der Waals surface area contributed by atoms with Crippen LogP contribution in [-0.2, 0) is 14.8 Å². The number of nitrogens with one attached hydrogen (secondary N) is 1. The molecule has 1 aromatic carbocycles. The Morgan fingerprint density at radius 2 is 1.69 bits per heavy atom. The minimum atomic E-state index is -3.44. The van der Waals surface area contributed by atoms with Gasteiger partial charge in [-0.1, -0.05) is 31.0 Å². The molecule has 1 aromatic rings. The molecule has 2 aliphatic heterocycles. The van der Waals surface area contributed by atoms with E-state index in [1.54, 1.807) is 24.3 Å². The Labute approximate surface area is 156 Å². The van der Waals surface area contributed by atoms with Crippen LogP contribution in [0.3, 0.4) is 0 Å². The summed E-state index contributed by atoms with van der Waals surface area (Å²) in [6.45, 7) is 1.86. The average molecular weight is 380 g/mol. The van der Waals surface area contributed by atoms with Crippen molar-refractivity contribution >= 4 is 15.9 Å². The third-order valence-corrected chi connectivity index (χ3v) is 7.42. The Balaban J connectivity index is 1.54. The number of amides is 1. The van der Waals surface area contributed by atoms with Crippen LogP contribution in [0.1, 0.15) is 38.5 Å². The molecule has 1 amide bonds. The van der Waals surface area contributed by atoms with E-state index in [4.69, 9.17) is 0 Å². The fourth-order valence-electron chi connectivity index (χ4n) is 3.86. The molecule has 1 atom stereocenters. The van der Waals surface area contributed by atoms with Gasteiger partial charge in [-0.15, -0.1) is 0 Å². The molecule has 144 valence electrons. The minimum absolute atomic E-state index is 0.0522. The summed E-state index contributed by atoms with van der Waals surface area (Å²) >= 11 is 0. The van der Waals surface area contributed by atoms with E-state index in [0.29, 0.717) is 30.8 Å². The number of benzene rings is 1. The fourth-order valence-corrected chi connectivity index (χ4v) is 5.35. The number of likely N-dealkylation sites (tertiary alicyclic amines) is 1. The van der Waals surface area contributed by atoms with Crippen LogP contribution >= 0.6 is 0 Å². The zero-order chi connectivity index (χ0) is 18.6. The Hall–Kier alpha value is -1.44. The highest BCUT2D eigenvalue weighted by Crippen LogP contribution is 2.21. The number of sulfonamides is 1. The summed E-state index contributed by atoms with van der Waals surface area (Å²) in [6.07, 6.45) is 5.65. The fraction of sp³-hybridized carbons (Fsp3) is 0.632. The van der Waals surface area contributed by atoms with Gasteiger partial charge in [0.2, 0.25) is 15.9 Å². The van der Waals surface area contributed by atoms with Gasteiger partial charge in [-0.25, -0.2) is 8.42 Å². The number of hydrogen-bond acceptors (Lipinski definition) is 4. The number of hydrogen-bond donors (Lipinski definition) is 1. The van der Waals surface area contributed by atoms with Crippen LogP contribution < -0.4 is 5.32 Å². The summed E-state index contributed by atoms with van der Waals surface area (Å²) in [5, 5.41) is 3.16. The first kappa shape index (κ1) is 19.3. The molecule has 0 radical (unpaired) electrons. The summed E-state index contributed by atoms with van der Waals surface area (Å²) < 4.78 is 26.9. The SMILES string of the molecule is CN1CCCCC[C@H]1C(=O)NC1CCN(S(=O)(=O)c2ccccc2)CC1. The highest BCUT2D eigenvalue weighted by molar-refractivity contribution is 7.89. The number of carbonyl (C=O) groups is 1. The van der Waals surface area contributed by atoms with Crippen LogP contribution in [0.5, 0.6) is 0 Å². The zero-order valence-electron chi connectivity index (χ0n) is 15.4. The van der Waals surface area contributed by atoms with Crippen LogP contribution in [-0.4, -0.2) is 62.3 Å². The number of carbonyl (C=O) groups excluding carboxylic acids is 1. The molecule has 26 heavy (non-hydrogen) atoms. The van der Waals surface area contributed by atoms with Crippen LogP contribution in [0.15, 0.2) is 35.2 Å². The Morgan fingerprint density at radius 3 is 2.38 bits per heavy atom. The van der Waals surface area contributed by atoms with Crippen molar-refractivity contribution in [3.05, 3.63) is 30.3 Å². The van der Waals surface area contributed by atoms with Crippen molar-refractivity contribution < 1.29 is 13.2 Å². The van der Waals surface area contributed by atoms with Gasteiger partial charge in [-0.05, 0) is 51.4 Å². The molecule has 6 nitrogen and oxygen atoms in total. The van der Waals surface area contributed by atoms with Gasteiger partial charge in [-0.3, -0.25) is 9.69 Å². The van der Waals surface area contributed by atoms with E-state index < -0.39 is 10.0 Å². The van der Waals surface area contributed by atoms with Crippen LogP contribution in [0.2, 0.25) is 0 Å². The Kier molecular flexibility index (Phi) is 6.32. The third-order valence-electron chi connectivity index (χ3n) is 5.50. The predicted octanol–water partition coefficient (Wildman–Crippen LogP) is 1.83. The van der Waals surface area contributed by atoms with Crippen molar-refractivity contribution in [1.82, 2.24) is 14.5 Å². The average Bonchev–Trinajstić information content (AvgIpc) is 2.87. The van der Waals surface area contributed by atoms with Crippen molar-refractivity contribution in [2.45, 2.75) is 55.5 Å². The maximum Gasteiger partial charge on any atom is 0.243 e. The maximum absolute atomic E-state index is 12.7. The van der Waals surface area contributed by atoms with E-state index in [0.717, 1.165) is 25.8 Å². The van der Waals surface area contributed by atoms with Gasteiger partial charge in [0, 0.05) is 19.1 Å². The summed E-state index contributed by atoms with van der Waals surface area (Å²) in [5.41, 5.74) is 0. The molecule has 2 fully saturated rings. The Bertz CT molecular complexity index is 700. The van der Waals surface area contributed by atoms with Gasteiger partial charge in [0.15, 0.2) is 0 Å². The van der Waals surface area contributed by atoms with Gasteiger partial charge in [0.25, 0.3) is 0 Å². The van der Waals surface area contributed by atoms with E-state index in [1.165, 1.54) is 10.7 Å². The minimum Gasteiger partial charge on any atom is -0.352 e. The van der Waals surface area contributed by atoms with Crippen molar-refractivity contribution in [3.8, 4) is 0 Å². The first-order valence-electron chi connectivity index (χ1n) is 9.54. The normalized spacial score (nSPS) is 24.1. The monoisotopic (exact) mass is 379 g/mol. The molecule has 0 aliphatic carbocycles. The van der Waals surface area contributed by atoms with Gasteiger partial charge in [0.05, 0.1) is 10.9 Å². The highest BCUT2D eigenvalue weighted by atomic mass is 32.2. The molecule has 0 saturated carbocycles. The van der Waals surface area contributed by atoms with E-state index in [1.807, 2.05) is 13.1 Å². The van der Waals surface area contributed by atoms with Crippen molar-refractivity contribution in [1.29, 1.82) is 0 Å². The van der Waals surface area contributed by atoms with E-state index in [-0.39, 0.29) is 18.0 Å². The topological polar surface area (TPSA) is 69.7 Å². The quantitative estimate of drug-likeness (QED) is 0.867. The highest BCUT2D eigenvalue weighted by Gasteiger charge is 2.31. The zero-order valence-corrected chi connectivity index (χ0v) is 16.2. The summed E-state index contributed by atoms with van der Waals surface area (Å²) in [7, 11) is -1.42. The summed E-state index contributed by atoms with van der Waals surface area (Å²) in [6, 6.07) is 8.55. The predicted molar refractivity (Wildman–Crippen MR) is 101 cm³/mol. The van der Waals surface area contributed by atoms with Crippen molar-refractivity contribution in [2.75, 3.05) is 26.7 Å². The maximum atomic E-state index is 12.7. The molecular formula is C19H29N3O3S. The largest absolute Gasteiger partial charge is 0.352 e. The molecule has 3 rings (SSSR count).